The summed E-state index contributed by atoms with van der Waals surface area (Å²) in [6.45, 7) is 17.6. The maximum atomic E-state index is 13.1. The van der Waals surface area contributed by atoms with E-state index in [4.69, 9.17) is 10.5 Å². The maximum absolute atomic E-state index is 13.1. The van der Waals surface area contributed by atoms with Crippen LogP contribution in [0.25, 0.3) is 0 Å². The van der Waals surface area contributed by atoms with Gasteiger partial charge in [-0.1, -0.05) is 79.7 Å². The van der Waals surface area contributed by atoms with Crippen molar-refractivity contribution < 1.29 is 28.7 Å². The first-order valence-electron chi connectivity index (χ1n) is 19.5. The number of anilines is 1. The molecule has 0 bridgehead atoms. The number of nitrogens with two attached hydrogens (primary N) is 1. The van der Waals surface area contributed by atoms with Crippen molar-refractivity contribution in [1.29, 1.82) is 0 Å². The number of amides is 5. The van der Waals surface area contributed by atoms with Crippen LogP contribution in [-0.4, -0.2) is 78.1 Å². The minimum Gasteiger partial charge on any atom is -0.490 e. The van der Waals surface area contributed by atoms with Gasteiger partial charge in [-0.25, -0.2) is 4.98 Å². The topological polar surface area (TPSA) is 164 Å². The van der Waals surface area contributed by atoms with Gasteiger partial charge in [0, 0.05) is 57.2 Å². The number of benzene rings is 2. The summed E-state index contributed by atoms with van der Waals surface area (Å²) in [5.74, 6) is -0.592. The van der Waals surface area contributed by atoms with Crippen molar-refractivity contribution in [3.63, 3.8) is 0 Å². The Hall–Kier alpha value is -5.26. The number of nitrogens with zero attached hydrogens (tertiary/aromatic N) is 3. The van der Waals surface area contributed by atoms with Crippen molar-refractivity contribution in [2.45, 2.75) is 94.0 Å². The van der Waals surface area contributed by atoms with Crippen LogP contribution in [0.2, 0.25) is 0 Å². The smallest absolute Gasteiger partial charge is 0.270 e. The fraction of sp³-hybridized carbons (Fsp3) is 0.500. The molecule has 4 N–H and O–H groups in total. The Morgan fingerprint density at radius 1 is 0.839 bits per heavy atom. The van der Waals surface area contributed by atoms with Crippen LogP contribution < -0.4 is 21.1 Å². The maximum Gasteiger partial charge on any atom is 0.270 e. The lowest BCUT2D eigenvalue weighted by Gasteiger charge is -2.28. The molecule has 12 heteroatoms. The summed E-state index contributed by atoms with van der Waals surface area (Å²) < 4.78 is 5.76. The molecule has 306 valence electrons. The van der Waals surface area contributed by atoms with Gasteiger partial charge in [-0.15, -0.1) is 0 Å². The third kappa shape index (κ3) is 16.6. The Kier molecular flexibility index (Phi) is 18.7. The van der Waals surface area contributed by atoms with Gasteiger partial charge >= 0.3 is 0 Å². The van der Waals surface area contributed by atoms with Crippen LogP contribution in [-0.2, 0) is 27.3 Å². The van der Waals surface area contributed by atoms with Gasteiger partial charge in [0.15, 0.2) is 0 Å². The second kappa shape index (κ2) is 22.3. The van der Waals surface area contributed by atoms with E-state index in [-0.39, 0.29) is 66.6 Å². The SMILES string of the molecule is CC.CC[C@@H](CC(C)(C)C)C(=O)Nc1ccc(CCN(C)C(=O)CC(C)(C)CC(=O)N(C)CCOc2ccc(C(=O)NCc3cccc(C(N)=O)c3)nc2)cc1. The number of nitrogens with one attached hydrogen (secondary N) is 2. The number of likely N-dealkylation sites (N-methyl/N-ethyl adjacent to an activating group) is 2. The molecule has 5 amide bonds. The summed E-state index contributed by atoms with van der Waals surface area (Å²) >= 11 is 0. The molecule has 1 atom stereocenters. The van der Waals surface area contributed by atoms with E-state index < -0.39 is 11.3 Å². The fourth-order valence-corrected chi connectivity index (χ4v) is 5.87. The Morgan fingerprint density at radius 2 is 1.46 bits per heavy atom. The first-order valence-corrected chi connectivity index (χ1v) is 19.5. The molecule has 0 unspecified atom stereocenters. The van der Waals surface area contributed by atoms with Crippen LogP contribution in [0.15, 0.2) is 66.9 Å². The molecule has 0 radical (unpaired) electrons. The second-order valence-corrected chi connectivity index (χ2v) is 15.9. The van der Waals surface area contributed by atoms with Gasteiger partial charge in [0.25, 0.3) is 5.91 Å². The minimum absolute atomic E-state index is 0.0333. The first kappa shape index (κ1) is 46.9. The highest BCUT2D eigenvalue weighted by molar-refractivity contribution is 5.94. The van der Waals surface area contributed by atoms with Crippen LogP contribution in [0.5, 0.6) is 5.75 Å². The number of hydrogen-bond acceptors (Lipinski definition) is 7. The molecule has 12 nitrogen and oxygen atoms in total. The summed E-state index contributed by atoms with van der Waals surface area (Å²) in [7, 11) is 3.48. The van der Waals surface area contributed by atoms with Gasteiger partial charge < -0.3 is 30.9 Å². The number of carbonyl (C=O) groups is 5. The van der Waals surface area contributed by atoms with Crippen LogP contribution in [0.1, 0.15) is 113 Å². The lowest BCUT2D eigenvalue weighted by atomic mass is 9.83. The summed E-state index contributed by atoms with van der Waals surface area (Å²) in [4.78, 5) is 70.3. The Balaban J connectivity index is 0.00000532. The molecule has 56 heavy (non-hydrogen) atoms. The number of carbonyl (C=O) groups excluding carboxylic acids is 5. The molecular formula is C44H64N6O6. The highest BCUT2D eigenvalue weighted by Gasteiger charge is 2.28. The lowest BCUT2D eigenvalue weighted by Crippen LogP contribution is -2.37. The minimum atomic E-state index is -0.550. The van der Waals surface area contributed by atoms with Crippen molar-refractivity contribution in [2.75, 3.05) is 39.1 Å². The zero-order valence-electron chi connectivity index (χ0n) is 35.2. The second-order valence-electron chi connectivity index (χ2n) is 15.9. The monoisotopic (exact) mass is 772 g/mol. The van der Waals surface area contributed by atoms with Crippen molar-refractivity contribution in [2.24, 2.45) is 22.5 Å². The summed E-state index contributed by atoms with van der Waals surface area (Å²) in [5.41, 5.74) is 7.97. The van der Waals surface area contributed by atoms with E-state index in [0.717, 1.165) is 29.7 Å². The third-order valence-electron chi connectivity index (χ3n) is 9.12. The highest BCUT2D eigenvalue weighted by Crippen LogP contribution is 2.28. The van der Waals surface area contributed by atoms with Gasteiger partial charge in [-0.05, 0) is 77.6 Å². The van der Waals surface area contributed by atoms with Crippen molar-refractivity contribution in [3.8, 4) is 5.75 Å². The highest BCUT2D eigenvalue weighted by atomic mass is 16.5. The van der Waals surface area contributed by atoms with E-state index in [1.165, 1.54) is 6.20 Å². The van der Waals surface area contributed by atoms with Gasteiger partial charge in [-0.2, -0.15) is 0 Å². The average Bonchev–Trinajstić information content (AvgIpc) is 3.15. The van der Waals surface area contributed by atoms with Gasteiger partial charge in [-0.3, -0.25) is 24.0 Å². The lowest BCUT2D eigenvalue weighted by molar-refractivity contribution is -0.135. The van der Waals surface area contributed by atoms with Crippen LogP contribution in [0.3, 0.4) is 0 Å². The molecule has 1 heterocycles. The number of rotatable bonds is 19. The summed E-state index contributed by atoms with van der Waals surface area (Å²) in [6, 6.07) is 17.7. The Labute approximate surface area is 334 Å². The molecule has 0 saturated heterocycles. The molecular weight excluding hydrogens is 709 g/mol. The fourth-order valence-electron chi connectivity index (χ4n) is 5.87. The molecule has 1 aromatic heterocycles. The summed E-state index contributed by atoms with van der Waals surface area (Å²) in [5, 5.41) is 5.81. The standard InChI is InChI=1S/C42H58N6O6.C2H6/c1-9-31(24-41(2,3)4)39(52)46-33-15-13-29(14-16-33)19-20-47(7)36(49)25-42(5,6)26-37(50)48(8)21-22-54-34-17-18-35(44-28-34)40(53)45-27-30-11-10-12-32(23-30)38(43)51;1-2/h10-18,23,28,31H,9,19-22,24-27H2,1-8H3,(H2,43,51)(H,45,53)(H,46,52);1-2H3/t31-;/m0./s1. The van der Waals surface area contributed by atoms with Gasteiger partial charge in [0.1, 0.15) is 18.1 Å². The van der Waals surface area contributed by atoms with E-state index in [1.54, 1.807) is 60.3 Å². The normalized spacial score (nSPS) is 11.7. The molecule has 3 aromatic rings. The largest absolute Gasteiger partial charge is 0.490 e. The number of hydrogen-bond donors (Lipinski definition) is 3. The number of pyridine rings is 1. The molecule has 3 rings (SSSR count). The first-order chi connectivity index (χ1) is 26.4. The van der Waals surface area contributed by atoms with Gasteiger partial charge in [0.2, 0.25) is 23.6 Å². The molecule has 0 aliphatic rings. The number of ether oxygens (including phenoxy) is 1. The van der Waals surface area contributed by atoms with Crippen LogP contribution in [0, 0.1) is 16.7 Å². The van der Waals surface area contributed by atoms with Crippen LogP contribution in [0.4, 0.5) is 5.69 Å². The Bertz CT molecular complexity index is 1730. The predicted octanol–water partition coefficient (Wildman–Crippen LogP) is 6.88. The quantitative estimate of drug-likeness (QED) is 0.120. The van der Waals surface area contributed by atoms with E-state index in [9.17, 15) is 24.0 Å². The van der Waals surface area contributed by atoms with E-state index in [2.05, 4.69) is 36.4 Å². The molecule has 2 aromatic carbocycles. The molecule has 0 aliphatic heterocycles. The van der Waals surface area contributed by atoms with Crippen molar-refractivity contribution >= 4 is 35.2 Å². The molecule has 0 saturated carbocycles. The average molecular weight is 773 g/mol. The van der Waals surface area contributed by atoms with E-state index >= 15 is 0 Å². The third-order valence-corrected chi connectivity index (χ3v) is 9.12. The number of aromatic nitrogens is 1. The van der Waals surface area contributed by atoms with Crippen molar-refractivity contribution in [3.05, 3.63) is 89.2 Å². The zero-order chi connectivity index (χ0) is 42.1. The molecule has 0 aliphatic carbocycles. The van der Waals surface area contributed by atoms with E-state index in [1.807, 2.05) is 58.9 Å². The van der Waals surface area contributed by atoms with E-state index in [0.29, 0.717) is 30.8 Å². The van der Waals surface area contributed by atoms with Crippen LogP contribution >= 0.6 is 0 Å². The Morgan fingerprint density at radius 3 is 2.02 bits per heavy atom. The zero-order valence-corrected chi connectivity index (χ0v) is 35.2. The van der Waals surface area contributed by atoms with Crippen molar-refractivity contribution in [1.82, 2.24) is 20.1 Å². The summed E-state index contributed by atoms with van der Waals surface area (Å²) in [6.07, 6.45) is 4.15. The molecule has 0 fully saturated rings. The predicted molar refractivity (Wildman–Crippen MR) is 222 cm³/mol. The molecule has 0 spiro atoms. The number of primary amides is 1. The van der Waals surface area contributed by atoms with Gasteiger partial charge in [0.05, 0.1) is 12.7 Å².